The van der Waals surface area contributed by atoms with Crippen molar-refractivity contribution < 1.29 is 22.7 Å². The van der Waals surface area contributed by atoms with Crippen LogP contribution in [0.1, 0.15) is 34.2 Å². The maximum atomic E-state index is 13.0. The van der Waals surface area contributed by atoms with Crippen LogP contribution in [0.15, 0.2) is 30.6 Å². The van der Waals surface area contributed by atoms with E-state index in [0.717, 1.165) is 6.07 Å². The highest BCUT2D eigenvalue weighted by Gasteiger charge is 2.33. The predicted octanol–water partition coefficient (Wildman–Crippen LogP) is 3.44. The minimum Gasteiger partial charge on any atom is -0.461 e. The number of nitrogens with zero attached hydrogens (tertiary/aromatic N) is 2. The minimum absolute atomic E-state index is 0.0199. The Kier molecular flexibility index (Phi) is 4.54. The number of ether oxygens (including phenoxy) is 1. The second kappa shape index (κ2) is 6.21. The maximum absolute atomic E-state index is 13.0. The van der Waals surface area contributed by atoms with Crippen molar-refractivity contribution in [3.05, 3.63) is 53.1 Å². The summed E-state index contributed by atoms with van der Waals surface area (Å²) in [6.07, 6.45) is -3.08. The summed E-state index contributed by atoms with van der Waals surface area (Å²) < 4.78 is 45.3. The van der Waals surface area contributed by atoms with Crippen molar-refractivity contribution in [1.82, 2.24) is 9.55 Å². The molecule has 0 aliphatic heterocycles. The molecule has 0 fully saturated rings. The standard InChI is InChI=1S/C15H15F3N2O2/c1-3-22-14(21)13-10(2)20(9-19-13)8-11-6-4-5-7-12(11)15(16,17)18/h4-7,9H,3,8H2,1-2H3. The van der Waals surface area contributed by atoms with Crippen LogP contribution in [0.3, 0.4) is 0 Å². The van der Waals surface area contributed by atoms with Crippen LogP contribution in [0.5, 0.6) is 0 Å². The fourth-order valence-electron chi connectivity index (χ4n) is 2.12. The maximum Gasteiger partial charge on any atom is 0.416 e. The Bertz CT molecular complexity index is 678. The zero-order valence-electron chi connectivity index (χ0n) is 12.1. The van der Waals surface area contributed by atoms with Gasteiger partial charge in [-0.05, 0) is 25.5 Å². The Labute approximate surface area is 125 Å². The molecule has 0 unspecified atom stereocenters. The second-order valence-corrected chi connectivity index (χ2v) is 4.68. The number of alkyl halides is 3. The molecule has 0 spiro atoms. The highest BCUT2D eigenvalue weighted by molar-refractivity contribution is 5.88. The number of hydrogen-bond acceptors (Lipinski definition) is 3. The molecular formula is C15H15F3N2O2. The molecule has 2 aromatic rings. The highest BCUT2D eigenvalue weighted by atomic mass is 19.4. The van der Waals surface area contributed by atoms with Crippen molar-refractivity contribution in [1.29, 1.82) is 0 Å². The van der Waals surface area contributed by atoms with Crippen molar-refractivity contribution in [2.24, 2.45) is 0 Å². The third-order valence-electron chi connectivity index (χ3n) is 3.23. The highest BCUT2D eigenvalue weighted by Crippen LogP contribution is 2.32. The fraction of sp³-hybridized carbons (Fsp3) is 0.333. The molecule has 0 radical (unpaired) electrons. The molecular weight excluding hydrogens is 297 g/mol. The molecule has 2 rings (SSSR count). The molecule has 0 saturated heterocycles. The summed E-state index contributed by atoms with van der Waals surface area (Å²) in [6.45, 7) is 3.48. The average molecular weight is 312 g/mol. The molecule has 0 saturated carbocycles. The SMILES string of the molecule is CCOC(=O)c1ncn(Cc2ccccc2C(F)(F)F)c1C. The van der Waals surface area contributed by atoms with Crippen LogP contribution in [0, 0.1) is 6.92 Å². The van der Waals surface area contributed by atoms with Gasteiger partial charge < -0.3 is 9.30 Å². The van der Waals surface area contributed by atoms with Crippen LogP contribution in [0.25, 0.3) is 0 Å². The van der Waals surface area contributed by atoms with Gasteiger partial charge in [0.1, 0.15) is 0 Å². The lowest BCUT2D eigenvalue weighted by atomic mass is 10.1. The summed E-state index contributed by atoms with van der Waals surface area (Å²) in [4.78, 5) is 15.6. The average Bonchev–Trinajstić information content (AvgIpc) is 2.80. The van der Waals surface area contributed by atoms with Gasteiger partial charge in [-0.1, -0.05) is 18.2 Å². The van der Waals surface area contributed by atoms with Crippen molar-refractivity contribution in [3.8, 4) is 0 Å². The summed E-state index contributed by atoms with van der Waals surface area (Å²) in [5.41, 5.74) is 0.00783. The zero-order chi connectivity index (χ0) is 16.3. The van der Waals surface area contributed by atoms with Crippen molar-refractivity contribution in [3.63, 3.8) is 0 Å². The van der Waals surface area contributed by atoms with Crippen molar-refractivity contribution >= 4 is 5.97 Å². The first kappa shape index (κ1) is 16.1. The van der Waals surface area contributed by atoms with Crippen molar-refractivity contribution in [2.45, 2.75) is 26.6 Å². The normalized spacial score (nSPS) is 11.5. The number of hydrogen-bond donors (Lipinski definition) is 0. The van der Waals surface area contributed by atoms with Gasteiger partial charge in [0.05, 0.1) is 18.5 Å². The van der Waals surface area contributed by atoms with Gasteiger partial charge in [-0.25, -0.2) is 9.78 Å². The van der Waals surface area contributed by atoms with E-state index in [2.05, 4.69) is 4.98 Å². The number of imidazole rings is 1. The van der Waals surface area contributed by atoms with Crippen LogP contribution in [-0.4, -0.2) is 22.1 Å². The lowest BCUT2D eigenvalue weighted by Gasteiger charge is -2.13. The van der Waals surface area contributed by atoms with Crippen LogP contribution in [0.2, 0.25) is 0 Å². The van der Waals surface area contributed by atoms with Crippen LogP contribution in [0.4, 0.5) is 13.2 Å². The van der Waals surface area contributed by atoms with Gasteiger partial charge >= 0.3 is 12.1 Å². The largest absolute Gasteiger partial charge is 0.461 e. The molecule has 0 aliphatic rings. The molecule has 4 nitrogen and oxygen atoms in total. The Hall–Kier alpha value is -2.31. The molecule has 22 heavy (non-hydrogen) atoms. The van der Waals surface area contributed by atoms with Gasteiger partial charge in [-0.15, -0.1) is 0 Å². The number of esters is 1. The molecule has 0 atom stereocenters. The molecule has 1 aromatic carbocycles. The van der Waals surface area contributed by atoms with Gasteiger partial charge in [0, 0.05) is 12.2 Å². The molecule has 7 heteroatoms. The summed E-state index contributed by atoms with van der Waals surface area (Å²) in [6, 6.07) is 5.33. The Balaban J connectivity index is 2.32. The van der Waals surface area contributed by atoms with Crippen LogP contribution in [-0.2, 0) is 17.5 Å². The first-order valence-electron chi connectivity index (χ1n) is 6.68. The smallest absolute Gasteiger partial charge is 0.416 e. The molecule has 0 N–H and O–H groups in total. The van der Waals surface area contributed by atoms with E-state index in [1.165, 1.54) is 23.0 Å². The Morgan fingerprint density at radius 3 is 2.64 bits per heavy atom. The van der Waals surface area contributed by atoms with Gasteiger partial charge in [0.15, 0.2) is 5.69 Å². The number of halogens is 3. The zero-order valence-corrected chi connectivity index (χ0v) is 12.1. The lowest BCUT2D eigenvalue weighted by molar-refractivity contribution is -0.138. The van der Waals surface area contributed by atoms with Gasteiger partial charge in [0.25, 0.3) is 0 Å². The molecule has 118 valence electrons. The molecule has 0 aliphatic carbocycles. The van der Waals surface area contributed by atoms with Crippen molar-refractivity contribution in [2.75, 3.05) is 6.61 Å². The van der Waals surface area contributed by atoms with E-state index in [9.17, 15) is 18.0 Å². The Morgan fingerprint density at radius 2 is 2.00 bits per heavy atom. The van der Waals surface area contributed by atoms with E-state index in [1.54, 1.807) is 19.9 Å². The van der Waals surface area contributed by atoms with E-state index in [-0.39, 0.29) is 24.4 Å². The quantitative estimate of drug-likeness (QED) is 0.812. The number of benzene rings is 1. The Morgan fingerprint density at radius 1 is 1.32 bits per heavy atom. The molecule has 0 bridgehead atoms. The third kappa shape index (κ3) is 3.29. The molecule has 1 heterocycles. The summed E-state index contributed by atoms with van der Waals surface area (Å²) in [5.74, 6) is -0.581. The minimum atomic E-state index is -4.42. The number of rotatable bonds is 4. The van der Waals surface area contributed by atoms with Gasteiger partial charge in [0.2, 0.25) is 0 Å². The number of carbonyl (C=O) groups excluding carboxylic acids is 1. The lowest BCUT2D eigenvalue weighted by Crippen LogP contribution is -2.12. The van der Waals surface area contributed by atoms with Gasteiger partial charge in [-0.2, -0.15) is 13.2 Å². The van der Waals surface area contributed by atoms with E-state index in [0.29, 0.717) is 5.69 Å². The third-order valence-corrected chi connectivity index (χ3v) is 3.23. The van der Waals surface area contributed by atoms with Crippen LogP contribution >= 0.6 is 0 Å². The summed E-state index contributed by atoms with van der Waals surface area (Å²) in [7, 11) is 0. The predicted molar refractivity (Wildman–Crippen MR) is 73.5 cm³/mol. The topological polar surface area (TPSA) is 44.1 Å². The van der Waals surface area contributed by atoms with Crippen LogP contribution < -0.4 is 0 Å². The summed E-state index contributed by atoms with van der Waals surface area (Å²) >= 11 is 0. The first-order chi connectivity index (χ1) is 10.3. The van der Waals surface area contributed by atoms with E-state index >= 15 is 0 Å². The number of carbonyl (C=O) groups is 1. The van der Waals surface area contributed by atoms with E-state index in [1.807, 2.05) is 0 Å². The van der Waals surface area contributed by atoms with E-state index < -0.39 is 17.7 Å². The second-order valence-electron chi connectivity index (χ2n) is 4.68. The van der Waals surface area contributed by atoms with Gasteiger partial charge in [-0.3, -0.25) is 0 Å². The monoisotopic (exact) mass is 312 g/mol. The first-order valence-corrected chi connectivity index (χ1v) is 6.68. The summed E-state index contributed by atoms with van der Waals surface area (Å²) in [5, 5.41) is 0. The fourth-order valence-corrected chi connectivity index (χ4v) is 2.12. The molecule has 1 aromatic heterocycles. The van der Waals surface area contributed by atoms with E-state index in [4.69, 9.17) is 4.74 Å². The molecule has 0 amide bonds. The number of aromatic nitrogens is 2.